The van der Waals surface area contributed by atoms with E-state index in [4.69, 9.17) is 15.9 Å². The van der Waals surface area contributed by atoms with Crippen molar-refractivity contribution >= 4 is 23.3 Å². The minimum absolute atomic E-state index is 0.0663. The van der Waals surface area contributed by atoms with E-state index in [1.807, 2.05) is 0 Å². The molecule has 2 heterocycles. The van der Waals surface area contributed by atoms with Gasteiger partial charge in [-0.25, -0.2) is 9.07 Å². The third-order valence-corrected chi connectivity index (χ3v) is 6.69. The van der Waals surface area contributed by atoms with Crippen LogP contribution in [0.25, 0.3) is 5.69 Å². The molecule has 1 aromatic heterocycles. The minimum Gasteiger partial charge on any atom is -0.497 e. The highest BCUT2D eigenvalue weighted by molar-refractivity contribution is 6.11. The van der Waals surface area contributed by atoms with Crippen LogP contribution in [0.1, 0.15) is 44.9 Å². The number of carbonyl (C=O) groups excluding carboxylic acids is 2. The molecule has 1 fully saturated rings. The number of nitrogens with one attached hydrogen (secondary N) is 1. The van der Waals surface area contributed by atoms with E-state index in [1.165, 1.54) is 21.7 Å². The lowest BCUT2D eigenvalue weighted by Gasteiger charge is -2.34. The molecule has 10 heteroatoms. The zero-order valence-electron chi connectivity index (χ0n) is 19.6. The van der Waals surface area contributed by atoms with Crippen LogP contribution in [0.3, 0.4) is 0 Å². The third kappa shape index (κ3) is 3.52. The largest absolute Gasteiger partial charge is 0.497 e. The number of rotatable bonds is 5. The predicted molar refractivity (Wildman–Crippen MR) is 128 cm³/mol. The highest BCUT2D eigenvalue weighted by Gasteiger charge is 2.56. The molecule has 1 aliphatic heterocycles. The molecule has 1 saturated carbocycles. The molecular weight excluding hydrogens is 451 g/mol. The first kappa shape index (κ1) is 22.6. The quantitative estimate of drug-likeness (QED) is 0.434. The van der Waals surface area contributed by atoms with E-state index in [-0.39, 0.29) is 29.5 Å². The number of primary amides is 1. The van der Waals surface area contributed by atoms with Gasteiger partial charge in [-0.1, -0.05) is 0 Å². The van der Waals surface area contributed by atoms with Crippen LogP contribution in [-0.2, 0) is 5.41 Å². The summed E-state index contributed by atoms with van der Waals surface area (Å²) in [6, 6.07) is 11.3. The summed E-state index contributed by atoms with van der Waals surface area (Å²) in [6.07, 6.45) is 1.45. The van der Waals surface area contributed by atoms with E-state index in [2.05, 4.69) is 5.10 Å². The Morgan fingerprint density at radius 1 is 1.20 bits per heavy atom. The number of halogens is 1. The van der Waals surface area contributed by atoms with Crippen LogP contribution >= 0.6 is 0 Å². The zero-order valence-corrected chi connectivity index (χ0v) is 19.6. The minimum atomic E-state index is -0.709. The van der Waals surface area contributed by atoms with Gasteiger partial charge < -0.3 is 20.3 Å². The Bertz CT molecular complexity index is 1370. The highest BCUT2D eigenvalue weighted by Crippen LogP contribution is 2.54. The van der Waals surface area contributed by atoms with Gasteiger partial charge in [-0.2, -0.15) is 5.10 Å². The number of hydrogen-bond acceptors (Lipinski definition) is 5. The van der Waals surface area contributed by atoms with Crippen LogP contribution in [0.15, 0.2) is 42.5 Å². The first-order valence-corrected chi connectivity index (χ1v) is 11.1. The number of amides is 2. The molecule has 9 nitrogen and oxygen atoms in total. The van der Waals surface area contributed by atoms with Gasteiger partial charge in [0.05, 0.1) is 18.5 Å². The smallest absolute Gasteiger partial charge is 0.277 e. The number of ether oxygens (including phenoxy) is 1. The van der Waals surface area contributed by atoms with Crippen LogP contribution in [0.2, 0.25) is 0 Å². The number of hydrogen-bond donors (Lipinski definition) is 2. The lowest BCUT2D eigenvalue weighted by molar-refractivity contribution is 0.0965. The summed E-state index contributed by atoms with van der Waals surface area (Å²) >= 11 is 0. The van der Waals surface area contributed by atoms with Crippen LogP contribution in [0.4, 0.5) is 10.1 Å². The summed E-state index contributed by atoms with van der Waals surface area (Å²) in [7, 11) is 4.96. The molecule has 5 rings (SSSR count). The summed E-state index contributed by atoms with van der Waals surface area (Å²) in [4.78, 5) is 29.1. The van der Waals surface area contributed by atoms with Gasteiger partial charge in [0.1, 0.15) is 23.1 Å². The van der Waals surface area contributed by atoms with E-state index in [1.54, 1.807) is 56.4 Å². The van der Waals surface area contributed by atoms with Gasteiger partial charge in [-0.05, 0) is 55.3 Å². The van der Waals surface area contributed by atoms with Crippen molar-refractivity contribution in [3.63, 3.8) is 0 Å². The Morgan fingerprint density at radius 2 is 1.89 bits per heavy atom. The number of anilines is 1. The van der Waals surface area contributed by atoms with Crippen molar-refractivity contribution < 1.29 is 18.7 Å². The second-order valence-electron chi connectivity index (χ2n) is 9.13. The SMILES string of the molecule is COc1ccc(-n2nc(C(N)=O)c3c2C(=O)N(c2ccc(C(=N)N(C)C)cc2F)CC32CC2)cc1. The molecule has 0 radical (unpaired) electrons. The molecule has 35 heavy (non-hydrogen) atoms. The van der Waals surface area contributed by atoms with Gasteiger partial charge in [-0.15, -0.1) is 0 Å². The second kappa shape index (κ2) is 7.93. The molecule has 0 saturated heterocycles. The van der Waals surface area contributed by atoms with Crippen LogP contribution in [-0.4, -0.2) is 60.1 Å². The fourth-order valence-corrected chi connectivity index (χ4v) is 4.67. The fraction of sp³-hybridized carbons (Fsp3) is 0.280. The first-order chi connectivity index (χ1) is 16.7. The third-order valence-electron chi connectivity index (χ3n) is 6.69. The lowest BCUT2D eigenvalue weighted by atomic mass is 9.88. The summed E-state index contributed by atoms with van der Waals surface area (Å²) < 4.78 is 21.9. The molecule has 0 atom stereocenters. The number of aromatic nitrogens is 2. The molecule has 3 aromatic rings. The van der Waals surface area contributed by atoms with E-state index in [9.17, 15) is 9.59 Å². The van der Waals surface area contributed by atoms with Crippen LogP contribution in [0.5, 0.6) is 5.75 Å². The van der Waals surface area contributed by atoms with Gasteiger partial charge in [0.2, 0.25) is 0 Å². The lowest BCUT2D eigenvalue weighted by Crippen LogP contribution is -2.45. The van der Waals surface area contributed by atoms with Crippen LogP contribution < -0.4 is 15.4 Å². The number of amidine groups is 1. The molecular formula is C25H25FN6O3. The van der Waals surface area contributed by atoms with E-state index < -0.39 is 23.0 Å². The second-order valence-corrected chi connectivity index (χ2v) is 9.13. The average molecular weight is 477 g/mol. The molecule has 3 N–H and O–H groups in total. The number of carbonyl (C=O) groups is 2. The molecule has 0 unspecified atom stereocenters. The molecule has 2 aromatic carbocycles. The highest BCUT2D eigenvalue weighted by atomic mass is 19.1. The summed E-state index contributed by atoms with van der Waals surface area (Å²) in [5.41, 5.74) is 7.03. The maximum Gasteiger partial charge on any atom is 0.277 e. The number of nitrogens with zero attached hydrogens (tertiary/aromatic N) is 4. The van der Waals surface area contributed by atoms with Crippen molar-refractivity contribution in [2.75, 3.05) is 32.6 Å². The van der Waals surface area contributed by atoms with Crippen molar-refractivity contribution in [2.24, 2.45) is 5.73 Å². The van der Waals surface area contributed by atoms with Gasteiger partial charge in [0, 0.05) is 37.2 Å². The van der Waals surface area contributed by atoms with Gasteiger partial charge in [0.25, 0.3) is 11.8 Å². The summed E-state index contributed by atoms with van der Waals surface area (Å²) in [5.74, 6) is -0.999. The number of nitrogens with two attached hydrogens (primary N) is 1. The maximum absolute atomic E-state index is 15.3. The Morgan fingerprint density at radius 3 is 2.43 bits per heavy atom. The predicted octanol–water partition coefficient (Wildman–Crippen LogP) is 2.70. The van der Waals surface area contributed by atoms with E-state index in [0.29, 0.717) is 22.6 Å². The van der Waals surface area contributed by atoms with Crippen molar-refractivity contribution in [3.05, 3.63) is 70.8 Å². The van der Waals surface area contributed by atoms with Crippen molar-refractivity contribution in [1.29, 1.82) is 5.41 Å². The molecule has 2 aliphatic rings. The van der Waals surface area contributed by atoms with E-state index >= 15 is 4.39 Å². The number of fused-ring (bicyclic) bond motifs is 2. The Labute approximate surface area is 201 Å². The van der Waals surface area contributed by atoms with E-state index in [0.717, 1.165) is 12.8 Å². The van der Waals surface area contributed by atoms with Gasteiger partial charge >= 0.3 is 0 Å². The van der Waals surface area contributed by atoms with Crippen molar-refractivity contribution in [1.82, 2.24) is 14.7 Å². The Kier molecular flexibility index (Phi) is 5.12. The van der Waals surface area contributed by atoms with Crippen molar-refractivity contribution in [3.8, 4) is 11.4 Å². The molecule has 180 valence electrons. The van der Waals surface area contributed by atoms with Gasteiger partial charge in [0.15, 0.2) is 5.69 Å². The summed E-state index contributed by atoms with van der Waals surface area (Å²) in [6.45, 7) is 0.217. The first-order valence-electron chi connectivity index (χ1n) is 11.1. The molecule has 2 amide bonds. The standard InChI is InChI=1S/C25H25FN6O3/c1-30(2)22(27)14-4-9-18(17(26)12-14)31-13-25(10-11-25)19-20(23(28)33)29-32(21(19)24(31)34)15-5-7-16(35-3)8-6-15/h4-9,12,27H,10-11,13H2,1-3H3,(H2,28,33). The Hall–Kier alpha value is -4.21. The number of methoxy groups -OCH3 is 1. The van der Waals surface area contributed by atoms with Crippen molar-refractivity contribution in [2.45, 2.75) is 18.3 Å². The Balaban J connectivity index is 1.64. The van der Waals surface area contributed by atoms with Gasteiger partial charge in [-0.3, -0.25) is 15.0 Å². The molecule has 1 spiro atoms. The molecule has 1 aliphatic carbocycles. The monoisotopic (exact) mass is 476 g/mol. The maximum atomic E-state index is 15.3. The zero-order chi connectivity index (χ0) is 25.1. The average Bonchev–Trinajstić information content (AvgIpc) is 3.48. The molecule has 0 bridgehead atoms. The topological polar surface area (TPSA) is 118 Å². The number of benzene rings is 2. The normalized spacial score (nSPS) is 15.7. The fourth-order valence-electron chi connectivity index (χ4n) is 4.67. The summed E-state index contributed by atoms with van der Waals surface area (Å²) in [5, 5.41) is 12.6. The van der Waals surface area contributed by atoms with Crippen LogP contribution in [0, 0.1) is 11.2 Å².